The molecule has 144 valence electrons. The molecule has 0 radical (unpaired) electrons. The van der Waals surface area contributed by atoms with Crippen molar-refractivity contribution in [1.29, 1.82) is 0 Å². The number of nitrogens with zero attached hydrogens (tertiary/aromatic N) is 3. The molecule has 0 unspecified atom stereocenters. The molecule has 0 heterocycles. The number of anilines is 1. The van der Waals surface area contributed by atoms with Crippen molar-refractivity contribution in [2.45, 2.75) is 6.54 Å². The van der Waals surface area contributed by atoms with Crippen LogP contribution in [0.1, 0.15) is 5.56 Å². The predicted molar refractivity (Wildman–Crippen MR) is 110 cm³/mol. The van der Waals surface area contributed by atoms with Gasteiger partial charge in [0.2, 0.25) is 0 Å². The number of urea groups is 1. The zero-order valence-corrected chi connectivity index (χ0v) is 17.3. The van der Waals surface area contributed by atoms with Crippen LogP contribution in [0, 0.1) is 10.1 Å². The second-order valence-electron chi connectivity index (χ2n) is 6.20. The van der Waals surface area contributed by atoms with Crippen molar-refractivity contribution in [3.05, 3.63) is 67.6 Å². The Kier molecular flexibility index (Phi) is 7.58. The smallest absolute Gasteiger partial charge is 0.319 e. The van der Waals surface area contributed by atoms with Crippen LogP contribution in [0.5, 0.6) is 0 Å². The van der Waals surface area contributed by atoms with Crippen molar-refractivity contribution in [3.8, 4) is 0 Å². The van der Waals surface area contributed by atoms with Crippen molar-refractivity contribution in [2.24, 2.45) is 0 Å². The lowest BCUT2D eigenvalue weighted by molar-refractivity contribution is -0.384. The summed E-state index contributed by atoms with van der Waals surface area (Å²) in [4.78, 5) is 26.7. The van der Waals surface area contributed by atoms with Gasteiger partial charge >= 0.3 is 6.03 Å². The number of halogens is 2. The SMILES string of the molecule is CN(C)CCN(Cc1ccc(Br)cc1)C(=O)Nc1ccc([N+](=O)[O-])cc1Cl. The van der Waals surface area contributed by atoms with Crippen LogP contribution in [0.25, 0.3) is 0 Å². The molecule has 2 amide bonds. The van der Waals surface area contributed by atoms with Gasteiger partial charge in [-0.1, -0.05) is 39.7 Å². The van der Waals surface area contributed by atoms with Crippen molar-refractivity contribution in [2.75, 3.05) is 32.5 Å². The molecule has 0 fully saturated rings. The molecule has 0 spiro atoms. The third-order valence-electron chi connectivity index (χ3n) is 3.80. The minimum atomic E-state index is -0.533. The standard InChI is InChI=1S/C18H20BrClN4O3/c1-22(2)9-10-23(12-13-3-5-14(19)6-4-13)18(25)21-17-8-7-15(24(26)27)11-16(17)20/h3-8,11H,9-10,12H2,1-2H3,(H,21,25). The van der Waals surface area contributed by atoms with Crippen LogP contribution in [0.15, 0.2) is 46.9 Å². The van der Waals surface area contributed by atoms with Crippen LogP contribution in [0.3, 0.4) is 0 Å². The summed E-state index contributed by atoms with van der Waals surface area (Å²) in [7, 11) is 3.87. The molecule has 0 aromatic heterocycles. The molecule has 7 nitrogen and oxygen atoms in total. The highest BCUT2D eigenvalue weighted by molar-refractivity contribution is 9.10. The first-order chi connectivity index (χ1) is 12.8. The number of amides is 2. The number of carbonyl (C=O) groups excluding carboxylic acids is 1. The van der Waals surface area contributed by atoms with Crippen LogP contribution in [0.2, 0.25) is 5.02 Å². The Morgan fingerprint density at radius 1 is 1.19 bits per heavy atom. The molecule has 0 atom stereocenters. The molecular weight excluding hydrogens is 436 g/mol. The molecule has 2 aromatic carbocycles. The number of hydrogen-bond donors (Lipinski definition) is 1. The number of rotatable bonds is 7. The van der Waals surface area contributed by atoms with E-state index in [4.69, 9.17) is 11.6 Å². The van der Waals surface area contributed by atoms with Gasteiger partial charge < -0.3 is 15.1 Å². The van der Waals surface area contributed by atoms with Gasteiger partial charge in [0.25, 0.3) is 5.69 Å². The monoisotopic (exact) mass is 454 g/mol. The van der Waals surface area contributed by atoms with Crippen molar-refractivity contribution in [1.82, 2.24) is 9.80 Å². The molecule has 27 heavy (non-hydrogen) atoms. The maximum Gasteiger partial charge on any atom is 0.322 e. The van der Waals surface area contributed by atoms with Gasteiger partial charge in [0, 0.05) is 36.2 Å². The fourth-order valence-corrected chi connectivity index (χ4v) is 2.78. The third-order valence-corrected chi connectivity index (χ3v) is 4.64. The number of benzene rings is 2. The highest BCUT2D eigenvalue weighted by Crippen LogP contribution is 2.27. The second-order valence-corrected chi connectivity index (χ2v) is 7.53. The summed E-state index contributed by atoms with van der Waals surface area (Å²) in [5.74, 6) is 0. The van der Waals surface area contributed by atoms with Crippen LogP contribution >= 0.6 is 27.5 Å². The largest absolute Gasteiger partial charge is 0.322 e. The van der Waals surface area contributed by atoms with E-state index in [9.17, 15) is 14.9 Å². The molecule has 0 saturated carbocycles. The molecular formula is C18H20BrClN4O3. The Bertz CT molecular complexity index is 815. The van der Waals surface area contributed by atoms with Gasteiger partial charge in [0.05, 0.1) is 15.6 Å². The fraction of sp³-hybridized carbons (Fsp3) is 0.278. The first-order valence-electron chi connectivity index (χ1n) is 8.15. The minimum absolute atomic E-state index is 0.119. The first-order valence-corrected chi connectivity index (χ1v) is 9.32. The maximum atomic E-state index is 12.8. The Balaban J connectivity index is 2.14. The number of carbonyl (C=O) groups is 1. The lowest BCUT2D eigenvalue weighted by atomic mass is 10.2. The summed E-state index contributed by atoms with van der Waals surface area (Å²) in [5.41, 5.74) is 1.19. The lowest BCUT2D eigenvalue weighted by Crippen LogP contribution is -2.39. The van der Waals surface area contributed by atoms with Gasteiger partial charge in [0.15, 0.2) is 0 Å². The van der Waals surface area contributed by atoms with Crippen molar-refractivity contribution >= 4 is 44.9 Å². The van der Waals surface area contributed by atoms with Gasteiger partial charge in [-0.2, -0.15) is 0 Å². The van der Waals surface area contributed by atoms with Crippen LogP contribution in [-0.2, 0) is 6.54 Å². The Morgan fingerprint density at radius 2 is 1.85 bits per heavy atom. The first kappa shape index (κ1) is 21.1. The predicted octanol–water partition coefficient (Wildman–Crippen LogP) is 4.61. The number of nitro groups is 1. The molecule has 1 N–H and O–H groups in total. The summed E-state index contributed by atoms with van der Waals surface area (Å²) in [6.07, 6.45) is 0. The van der Waals surface area contributed by atoms with E-state index >= 15 is 0 Å². The molecule has 0 aliphatic carbocycles. The van der Waals surface area contributed by atoms with E-state index in [2.05, 4.69) is 21.2 Å². The van der Waals surface area contributed by atoms with E-state index < -0.39 is 4.92 Å². The molecule has 2 aromatic rings. The summed E-state index contributed by atoms with van der Waals surface area (Å²) in [6.45, 7) is 1.63. The van der Waals surface area contributed by atoms with Crippen molar-refractivity contribution < 1.29 is 9.72 Å². The quantitative estimate of drug-likeness (QED) is 0.488. The molecule has 0 saturated heterocycles. The van der Waals surface area contributed by atoms with Gasteiger partial charge in [0.1, 0.15) is 0 Å². The molecule has 0 aliphatic rings. The van der Waals surface area contributed by atoms with Gasteiger partial charge in [-0.15, -0.1) is 0 Å². The Hall–Kier alpha value is -2.16. The van der Waals surface area contributed by atoms with Crippen LogP contribution in [0.4, 0.5) is 16.2 Å². The average molecular weight is 456 g/mol. The second kappa shape index (κ2) is 9.68. The van der Waals surface area contributed by atoms with E-state index in [1.165, 1.54) is 18.2 Å². The Morgan fingerprint density at radius 3 is 2.41 bits per heavy atom. The highest BCUT2D eigenvalue weighted by Gasteiger charge is 2.17. The summed E-state index contributed by atoms with van der Waals surface area (Å²) in [6, 6.07) is 11.4. The summed E-state index contributed by atoms with van der Waals surface area (Å²) >= 11 is 9.47. The van der Waals surface area contributed by atoms with E-state index in [-0.39, 0.29) is 16.7 Å². The highest BCUT2D eigenvalue weighted by atomic mass is 79.9. The summed E-state index contributed by atoms with van der Waals surface area (Å²) < 4.78 is 0.966. The topological polar surface area (TPSA) is 78.7 Å². The third kappa shape index (κ3) is 6.50. The van der Waals surface area contributed by atoms with Crippen LogP contribution < -0.4 is 5.32 Å². The van der Waals surface area contributed by atoms with Gasteiger partial charge in [-0.25, -0.2) is 4.79 Å². The number of likely N-dealkylation sites (N-methyl/N-ethyl adjacent to an activating group) is 1. The van der Waals surface area contributed by atoms with Gasteiger partial charge in [-0.3, -0.25) is 10.1 Å². The average Bonchev–Trinajstić information content (AvgIpc) is 2.61. The molecule has 2 rings (SSSR count). The lowest BCUT2D eigenvalue weighted by Gasteiger charge is -2.25. The molecule has 0 aliphatic heterocycles. The Labute approximate surface area is 171 Å². The van der Waals surface area contributed by atoms with E-state index in [1.54, 1.807) is 4.90 Å². The molecule has 9 heteroatoms. The van der Waals surface area contributed by atoms with Crippen LogP contribution in [-0.4, -0.2) is 47.9 Å². The normalized spacial score (nSPS) is 10.7. The maximum absolute atomic E-state index is 12.8. The fourth-order valence-electron chi connectivity index (χ4n) is 2.30. The zero-order valence-electron chi connectivity index (χ0n) is 15.0. The minimum Gasteiger partial charge on any atom is -0.319 e. The van der Waals surface area contributed by atoms with E-state index in [0.29, 0.717) is 25.3 Å². The number of non-ortho nitro benzene ring substituents is 1. The number of hydrogen-bond acceptors (Lipinski definition) is 4. The zero-order chi connectivity index (χ0) is 20.0. The van der Waals surface area contributed by atoms with E-state index in [1.807, 2.05) is 43.3 Å². The van der Waals surface area contributed by atoms with Crippen molar-refractivity contribution in [3.63, 3.8) is 0 Å². The number of nitro benzene ring substituents is 1. The van der Waals surface area contributed by atoms with Gasteiger partial charge in [-0.05, 0) is 37.9 Å². The molecule has 0 bridgehead atoms. The van der Waals surface area contributed by atoms with E-state index in [0.717, 1.165) is 10.0 Å². The number of nitrogens with one attached hydrogen (secondary N) is 1. The summed E-state index contributed by atoms with van der Waals surface area (Å²) in [5, 5.41) is 13.7.